The minimum absolute atomic E-state index is 0.150. The van der Waals surface area contributed by atoms with E-state index in [2.05, 4.69) is 13.2 Å². The van der Waals surface area contributed by atoms with Gasteiger partial charge in [0.1, 0.15) is 0 Å². The summed E-state index contributed by atoms with van der Waals surface area (Å²) in [4.78, 5) is 21.2. The van der Waals surface area contributed by atoms with Crippen molar-refractivity contribution in [2.75, 3.05) is 0 Å². The number of hydrogen-bond donors (Lipinski definition) is 2. The van der Waals surface area contributed by atoms with Gasteiger partial charge in [0.15, 0.2) is 0 Å². The SMILES string of the molecule is C=C/C=C(\C=C)CC(CC(=O)O)C(=O)O. The number of aliphatic carboxylic acids is 2. The summed E-state index contributed by atoms with van der Waals surface area (Å²) in [6.07, 6.45) is 4.38. The van der Waals surface area contributed by atoms with Crippen molar-refractivity contribution in [3.8, 4) is 0 Å². The van der Waals surface area contributed by atoms with Gasteiger partial charge in [-0.3, -0.25) is 9.59 Å². The van der Waals surface area contributed by atoms with Crippen LogP contribution in [-0.4, -0.2) is 22.2 Å². The van der Waals surface area contributed by atoms with E-state index < -0.39 is 24.3 Å². The van der Waals surface area contributed by atoms with Crippen LogP contribution in [0.2, 0.25) is 0 Å². The highest BCUT2D eigenvalue weighted by Gasteiger charge is 2.21. The van der Waals surface area contributed by atoms with E-state index in [9.17, 15) is 9.59 Å². The third kappa shape index (κ3) is 5.46. The van der Waals surface area contributed by atoms with Crippen molar-refractivity contribution in [3.63, 3.8) is 0 Å². The molecule has 0 bridgehead atoms. The second-order valence-electron chi connectivity index (χ2n) is 3.02. The number of hydrogen-bond acceptors (Lipinski definition) is 2. The summed E-state index contributed by atoms with van der Waals surface area (Å²) in [6, 6.07) is 0. The Labute approximate surface area is 88.2 Å². The van der Waals surface area contributed by atoms with Gasteiger partial charge in [-0.2, -0.15) is 0 Å². The summed E-state index contributed by atoms with van der Waals surface area (Å²) in [5.41, 5.74) is 0.665. The van der Waals surface area contributed by atoms with Crippen LogP contribution in [0.1, 0.15) is 12.8 Å². The van der Waals surface area contributed by atoms with Crippen LogP contribution >= 0.6 is 0 Å². The Morgan fingerprint density at radius 3 is 2.13 bits per heavy atom. The van der Waals surface area contributed by atoms with Crippen LogP contribution in [0.3, 0.4) is 0 Å². The van der Waals surface area contributed by atoms with Crippen molar-refractivity contribution in [2.24, 2.45) is 5.92 Å². The minimum Gasteiger partial charge on any atom is -0.481 e. The molecule has 0 amide bonds. The van der Waals surface area contributed by atoms with Crippen LogP contribution in [0.15, 0.2) is 37.0 Å². The lowest BCUT2D eigenvalue weighted by molar-refractivity contribution is -0.148. The van der Waals surface area contributed by atoms with E-state index in [1.54, 1.807) is 6.08 Å². The Kier molecular flexibility index (Phi) is 5.78. The van der Waals surface area contributed by atoms with Gasteiger partial charge >= 0.3 is 11.9 Å². The summed E-state index contributed by atoms with van der Waals surface area (Å²) in [6.45, 7) is 6.99. The first kappa shape index (κ1) is 13.2. The highest BCUT2D eigenvalue weighted by molar-refractivity contribution is 5.78. The van der Waals surface area contributed by atoms with Crippen LogP contribution in [0.5, 0.6) is 0 Å². The molecule has 0 aromatic carbocycles. The van der Waals surface area contributed by atoms with Crippen molar-refractivity contribution in [2.45, 2.75) is 12.8 Å². The molecule has 1 unspecified atom stereocenters. The van der Waals surface area contributed by atoms with E-state index in [1.165, 1.54) is 12.2 Å². The Morgan fingerprint density at radius 1 is 1.20 bits per heavy atom. The van der Waals surface area contributed by atoms with Crippen molar-refractivity contribution in [1.29, 1.82) is 0 Å². The summed E-state index contributed by atoms with van der Waals surface area (Å²) in [5, 5.41) is 17.3. The zero-order valence-electron chi connectivity index (χ0n) is 8.35. The Bertz CT molecular complexity index is 302. The molecule has 1 atom stereocenters. The molecule has 0 aliphatic heterocycles. The topological polar surface area (TPSA) is 74.6 Å². The Hall–Kier alpha value is -1.84. The Balaban J connectivity index is 4.58. The quantitative estimate of drug-likeness (QED) is 0.629. The molecule has 82 valence electrons. The molecule has 0 saturated heterocycles. The van der Waals surface area contributed by atoms with Crippen LogP contribution < -0.4 is 0 Å². The lowest BCUT2D eigenvalue weighted by Crippen LogP contribution is -2.18. The molecule has 0 aromatic rings. The highest BCUT2D eigenvalue weighted by Crippen LogP contribution is 2.16. The predicted octanol–water partition coefficient (Wildman–Crippen LogP) is 1.85. The molecular formula is C11H14O4. The smallest absolute Gasteiger partial charge is 0.307 e. The normalized spacial score (nSPS) is 12.9. The lowest BCUT2D eigenvalue weighted by Gasteiger charge is -2.09. The van der Waals surface area contributed by atoms with Crippen LogP contribution in [-0.2, 0) is 9.59 Å². The Morgan fingerprint density at radius 2 is 1.80 bits per heavy atom. The molecule has 0 aliphatic rings. The molecule has 0 aliphatic carbocycles. The molecular weight excluding hydrogens is 196 g/mol. The molecule has 0 aromatic heterocycles. The van der Waals surface area contributed by atoms with Crippen molar-refractivity contribution >= 4 is 11.9 Å². The van der Waals surface area contributed by atoms with Crippen LogP contribution in [0.25, 0.3) is 0 Å². The molecule has 4 nitrogen and oxygen atoms in total. The van der Waals surface area contributed by atoms with E-state index in [0.29, 0.717) is 5.57 Å². The fourth-order valence-corrected chi connectivity index (χ4v) is 1.11. The minimum atomic E-state index is -1.12. The predicted molar refractivity (Wildman–Crippen MR) is 56.5 cm³/mol. The largest absolute Gasteiger partial charge is 0.481 e. The maximum atomic E-state index is 10.7. The van der Waals surface area contributed by atoms with E-state index in [0.717, 1.165) is 0 Å². The number of allylic oxidation sites excluding steroid dienone is 4. The van der Waals surface area contributed by atoms with Crippen molar-refractivity contribution in [1.82, 2.24) is 0 Å². The van der Waals surface area contributed by atoms with Gasteiger partial charge in [0, 0.05) is 0 Å². The average molecular weight is 210 g/mol. The number of carboxylic acid groups (broad SMARTS) is 2. The molecule has 0 radical (unpaired) electrons. The van der Waals surface area contributed by atoms with E-state index >= 15 is 0 Å². The van der Waals surface area contributed by atoms with Gasteiger partial charge in [-0.15, -0.1) is 0 Å². The summed E-state index contributed by atoms with van der Waals surface area (Å²) < 4.78 is 0. The zero-order chi connectivity index (χ0) is 11.8. The first-order chi connectivity index (χ1) is 7.01. The van der Waals surface area contributed by atoms with Crippen molar-refractivity contribution in [3.05, 3.63) is 37.0 Å². The van der Waals surface area contributed by atoms with E-state index in [1.807, 2.05) is 0 Å². The molecule has 0 heterocycles. The van der Waals surface area contributed by atoms with Gasteiger partial charge in [-0.1, -0.05) is 31.4 Å². The number of carbonyl (C=O) groups is 2. The van der Waals surface area contributed by atoms with Crippen LogP contribution in [0.4, 0.5) is 0 Å². The third-order valence-electron chi connectivity index (χ3n) is 1.85. The lowest BCUT2D eigenvalue weighted by atomic mass is 9.96. The maximum Gasteiger partial charge on any atom is 0.307 e. The van der Waals surface area contributed by atoms with E-state index in [-0.39, 0.29) is 6.42 Å². The first-order valence-electron chi connectivity index (χ1n) is 4.39. The zero-order valence-corrected chi connectivity index (χ0v) is 8.35. The van der Waals surface area contributed by atoms with Gasteiger partial charge in [-0.25, -0.2) is 0 Å². The summed E-state index contributed by atoms with van der Waals surface area (Å²) >= 11 is 0. The van der Waals surface area contributed by atoms with E-state index in [4.69, 9.17) is 10.2 Å². The highest BCUT2D eigenvalue weighted by atomic mass is 16.4. The number of carboxylic acids is 2. The average Bonchev–Trinajstić information content (AvgIpc) is 2.14. The second kappa shape index (κ2) is 6.59. The fourth-order valence-electron chi connectivity index (χ4n) is 1.11. The molecule has 0 rings (SSSR count). The fraction of sp³-hybridized carbons (Fsp3) is 0.273. The molecule has 0 spiro atoms. The van der Waals surface area contributed by atoms with Gasteiger partial charge < -0.3 is 10.2 Å². The third-order valence-corrected chi connectivity index (χ3v) is 1.85. The van der Waals surface area contributed by atoms with Gasteiger partial charge in [0.2, 0.25) is 0 Å². The van der Waals surface area contributed by atoms with Crippen molar-refractivity contribution < 1.29 is 19.8 Å². The van der Waals surface area contributed by atoms with Gasteiger partial charge in [0.05, 0.1) is 12.3 Å². The van der Waals surface area contributed by atoms with Crippen LogP contribution in [0, 0.1) is 5.92 Å². The monoisotopic (exact) mass is 210 g/mol. The second-order valence-corrected chi connectivity index (χ2v) is 3.02. The summed E-state index contributed by atoms with van der Waals surface area (Å²) in [5.74, 6) is -3.16. The molecule has 0 fully saturated rings. The van der Waals surface area contributed by atoms with Gasteiger partial charge in [0.25, 0.3) is 0 Å². The molecule has 0 saturated carbocycles. The molecule has 2 N–H and O–H groups in total. The number of rotatable bonds is 7. The first-order valence-corrected chi connectivity index (χ1v) is 4.39. The van der Waals surface area contributed by atoms with Gasteiger partial charge in [-0.05, 0) is 12.0 Å². The standard InChI is InChI=1S/C11H14O4/c1-3-5-8(4-2)6-9(11(14)15)7-10(12)13/h3-5,9H,1-2,6-7H2,(H,12,13)(H,14,15)/b8-5+. The molecule has 4 heteroatoms. The molecule has 15 heavy (non-hydrogen) atoms. The summed E-state index contributed by atoms with van der Waals surface area (Å²) in [7, 11) is 0. The maximum absolute atomic E-state index is 10.7.